The van der Waals surface area contributed by atoms with E-state index in [1.54, 1.807) is 19.0 Å². The van der Waals surface area contributed by atoms with E-state index in [1.807, 2.05) is 11.8 Å². The molecule has 0 bridgehead atoms. The predicted octanol–water partition coefficient (Wildman–Crippen LogP) is 0.372. The maximum Gasteiger partial charge on any atom is 0.319 e. The van der Waals surface area contributed by atoms with Crippen molar-refractivity contribution < 1.29 is 4.79 Å². The number of rotatable bonds is 0. The van der Waals surface area contributed by atoms with E-state index in [1.165, 1.54) is 0 Å². The molecule has 0 saturated carbocycles. The molecule has 3 nitrogen and oxygen atoms in total. The van der Waals surface area contributed by atoms with Crippen LogP contribution in [0.5, 0.6) is 0 Å². The number of carbonyl (C=O) groups excluding carboxylic acids is 1. The molecule has 1 aliphatic rings. The van der Waals surface area contributed by atoms with Crippen molar-refractivity contribution in [2.75, 3.05) is 20.6 Å². The van der Waals surface area contributed by atoms with Gasteiger partial charge in [-0.25, -0.2) is 4.79 Å². The summed E-state index contributed by atoms with van der Waals surface area (Å²) in [4.78, 5) is 14.4. The molecule has 2 amide bonds. The van der Waals surface area contributed by atoms with Crippen LogP contribution < -0.4 is 0 Å². The standard InChI is InChI=1S/C6H12N2O/c1-5-4-8(5)6(9)7(2)3/h5H,4H2,1-3H3. The van der Waals surface area contributed by atoms with Crippen LogP contribution in [0.1, 0.15) is 6.92 Å². The van der Waals surface area contributed by atoms with E-state index in [-0.39, 0.29) is 6.03 Å². The molecule has 1 aliphatic heterocycles. The van der Waals surface area contributed by atoms with Gasteiger partial charge in [-0.05, 0) is 6.92 Å². The molecule has 1 atom stereocenters. The van der Waals surface area contributed by atoms with Crippen LogP contribution in [0.15, 0.2) is 0 Å². The Hall–Kier alpha value is -0.730. The van der Waals surface area contributed by atoms with E-state index in [0.29, 0.717) is 6.04 Å². The molecule has 0 aromatic rings. The molecule has 0 aliphatic carbocycles. The number of nitrogens with zero attached hydrogens (tertiary/aromatic N) is 2. The fraction of sp³-hybridized carbons (Fsp3) is 0.833. The Morgan fingerprint density at radius 1 is 1.67 bits per heavy atom. The van der Waals surface area contributed by atoms with Crippen LogP contribution >= 0.6 is 0 Å². The van der Waals surface area contributed by atoms with Crippen molar-refractivity contribution in [3.8, 4) is 0 Å². The Morgan fingerprint density at radius 3 is 2.22 bits per heavy atom. The summed E-state index contributed by atoms with van der Waals surface area (Å²) in [5, 5.41) is 0. The summed E-state index contributed by atoms with van der Waals surface area (Å²) in [5.74, 6) is 0. The highest BCUT2D eigenvalue weighted by atomic mass is 16.2. The van der Waals surface area contributed by atoms with Gasteiger partial charge in [-0.1, -0.05) is 0 Å². The topological polar surface area (TPSA) is 23.3 Å². The van der Waals surface area contributed by atoms with Crippen LogP contribution in [0.2, 0.25) is 0 Å². The van der Waals surface area contributed by atoms with Gasteiger partial charge in [0.2, 0.25) is 0 Å². The average Bonchev–Trinajstić information content (AvgIpc) is 2.44. The number of amides is 2. The maximum atomic E-state index is 11.0. The highest BCUT2D eigenvalue weighted by molar-refractivity contribution is 5.76. The van der Waals surface area contributed by atoms with Gasteiger partial charge in [0.15, 0.2) is 0 Å². The summed E-state index contributed by atoms with van der Waals surface area (Å²) in [7, 11) is 3.54. The summed E-state index contributed by atoms with van der Waals surface area (Å²) in [6.07, 6.45) is 0. The number of hydrogen-bond acceptors (Lipinski definition) is 1. The number of urea groups is 1. The van der Waals surface area contributed by atoms with E-state index in [2.05, 4.69) is 0 Å². The molecule has 1 fully saturated rings. The summed E-state index contributed by atoms with van der Waals surface area (Å²) in [6.45, 7) is 2.97. The Morgan fingerprint density at radius 2 is 2.11 bits per heavy atom. The third-order valence-corrected chi connectivity index (χ3v) is 1.49. The lowest BCUT2D eigenvalue weighted by Gasteiger charge is -2.10. The highest BCUT2D eigenvalue weighted by Crippen LogP contribution is 2.16. The molecule has 52 valence electrons. The smallest absolute Gasteiger partial charge is 0.319 e. The monoisotopic (exact) mass is 128 g/mol. The molecule has 0 spiro atoms. The normalized spacial score (nSPS) is 23.9. The molecular formula is C6H12N2O. The van der Waals surface area contributed by atoms with Crippen molar-refractivity contribution in [3.63, 3.8) is 0 Å². The van der Waals surface area contributed by atoms with Gasteiger partial charge in [0.05, 0.1) is 0 Å². The first-order chi connectivity index (χ1) is 4.13. The lowest BCUT2D eigenvalue weighted by molar-refractivity contribution is 0.202. The van der Waals surface area contributed by atoms with Crippen molar-refractivity contribution in [1.82, 2.24) is 9.80 Å². The predicted molar refractivity (Wildman–Crippen MR) is 35.3 cm³/mol. The molecule has 1 saturated heterocycles. The Balaban J connectivity index is 2.36. The largest absolute Gasteiger partial charge is 0.331 e. The first-order valence-corrected chi connectivity index (χ1v) is 3.11. The number of carbonyl (C=O) groups is 1. The summed E-state index contributed by atoms with van der Waals surface area (Å²) >= 11 is 0. The van der Waals surface area contributed by atoms with Crippen molar-refractivity contribution >= 4 is 6.03 Å². The molecule has 0 aromatic heterocycles. The lowest BCUT2D eigenvalue weighted by atomic mass is 10.6. The van der Waals surface area contributed by atoms with E-state index >= 15 is 0 Å². The zero-order valence-corrected chi connectivity index (χ0v) is 6.09. The molecular weight excluding hydrogens is 116 g/mol. The van der Waals surface area contributed by atoms with Gasteiger partial charge in [0.1, 0.15) is 0 Å². The minimum atomic E-state index is 0.127. The Bertz CT molecular complexity index is 133. The van der Waals surface area contributed by atoms with Crippen molar-refractivity contribution in [2.24, 2.45) is 0 Å². The first-order valence-electron chi connectivity index (χ1n) is 3.11. The van der Waals surface area contributed by atoms with Crippen molar-refractivity contribution in [2.45, 2.75) is 13.0 Å². The summed E-state index contributed by atoms with van der Waals surface area (Å²) in [5.41, 5.74) is 0. The van der Waals surface area contributed by atoms with E-state index in [9.17, 15) is 4.79 Å². The molecule has 1 rings (SSSR count). The van der Waals surface area contributed by atoms with Crippen LogP contribution in [-0.4, -0.2) is 42.5 Å². The quantitative estimate of drug-likeness (QED) is 0.432. The third-order valence-electron chi connectivity index (χ3n) is 1.49. The van der Waals surface area contributed by atoms with Crippen LogP contribution in [0.4, 0.5) is 4.79 Å². The molecule has 3 heteroatoms. The SMILES string of the molecule is CC1CN1C(=O)N(C)C. The van der Waals surface area contributed by atoms with Crippen molar-refractivity contribution in [3.05, 3.63) is 0 Å². The second kappa shape index (κ2) is 1.90. The summed E-state index contributed by atoms with van der Waals surface area (Å²) < 4.78 is 0. The van der Waals surface area contributed by atoms with E-state index in [4.69, 9.17) is 0 Å². The lowest BCUT2D eigenvalue weighted by Crippen LogP contribution is -2.27. The van der Waals surface area contributed by atoms with Gasteiger partial charge in [-0.2, -0.15) is 0 Å². The minimum absolute atomic E-state index is 0.127. The van der Waals surface area contributed by atoms with Gasteiger partial charge in [0.25, 0.3) is 0 Å². The van der Waals surface area contributed by atoms with Crippen molar-refractivity contribution in [1.29, 1.82) is 0 Å². The first kappa shape index (κ1) is 6.39. The van der Waals surface area contributed by atoms with Gasteiger partial charge in [0, 0.05) is 26.7 Å². The van der Waals surface area contributed by atoms with Gasteiger partial charge < -0.3 is 9.80 Å². The van der Waals surface area contributed by atoms with Gasteiger partial charge in [-0.15, -0.1) is 0 Å². The second-order valence-corrected chi connectivity index (χ2v) is 2.68. The van der Waals surface area contributed by atoms with Crippen LogP contribution in [0, 0.1) is 0 Å². The number of hydrogen-bond donors (Lipinski definition) is 0. The summed E-state index contributed by atoms with van der Waals surface area (Å²) in [6, 6.07) is 0.599. The molecule has 1 heterocycles. The molecule has 9 heavy (non-hydrogen) atoms. The van der Waals surface area contributed by atoms with Gasteiger partial charge in [-0.3, -0.25) is 0 Å². The maximum absolute atomic E-state index is 11.0. The molecule has 0 N–H and O–H groups in total. The Kier molecular flexibility index (Phi) is 1.35. The minimum Gasteiger partial charge on any atom is -0.331 e. The fourth-order valence-electron chi connectivity index (χ4n) is 0.761. The van der Waals surface area contributed by atoms with Crippen LogP contribution in [0.3, 0.4) is 0 Å². The third kappa shape index (κ3) is 1.15. The van der Waals surface area contributed by atoms with Gasteiger partial charge >= 0.3 is 6.03 Å². The van der Waals surface area contributed by atoms with Crippen LogP contribution in [0.25, 0.3) is 0 Å². The molecule has 0 aromatic carbocycles. The average molecular weight is 128 g/mol. The zero-order chi connectivity index (χ0) is 7.02. The Labute approximate surface area is 55.2 Å². The second-order valence-electron chi connectivity index (χ2n) is 2.68. The van der Waals surface area contributed by atoms with Crippen LogP contribution in [-0.2, 0) is 0 Å². The zero-order valence-electron chi connectivity index (χ0n) is 6.09. The molecule has 1 unspecified atom stereocenters. The highest BCUT2D eigenvalue weighted by Gasteiger charge is 2.34. The van der Waals surface area contributed by atoms with E-state index < -0.39 is 0 Å². The molecule has 0 radical (unpaired) electrons. The van der Waals surface area contributed by atoms with E-state index in [0.717, 1.165) is 6.54 Å². The fourth-order valence-corrected chi connectivity index (χ4v) is 0.761.